The van der Waals surface area contributed by atoms with Crippen LogP contribution in [0, 0.1) is 0 Å². The molecule has 3 aromatic carbocycles. The third-order valence-electron chi connectivity index (χ3n) is 5.48. The molecule has 0 unspecified atom stereocenters. The first-order valence-electron chi connectivity index (χ1n) is 10.5. The summed E-state index contributed by atoms with van der Waals surface area (Å²) in [4.78, 5) is -0.193. The molecule has 35 heavy (non-hydrogen) atoms. The molecule has 184 valence electrons. The highest BCUT2D eigenvalue weighted by molar-refractivity contribution is 7.89. The number of nitrogen functional groups attached to an aromatic ring is 1. The van der Waals surface area contributed by atoms with Crippen LogP contribution in [0.25, 0.3) is 10.9 Å². The largest absolute Gasteiger partial charge is 0.497 e. The van der Waals surface area contributed by atoms with Gasteiger partial charge in [0, 0.05) is 30.4 Å². The number of ether oxygens (including phenoxy) is 2. The molecule has 4 aromatic rings. The fourth-order valence-corrected chi connectivity index (χ4v) is 5.31. The van der Waals surface area contributed by atoms with Gasteiger partial charge in [0.15, 0.2) is 0 Å². The van der Waals surface area contributed by atoms with Gasteiger partial charge in [0.25, 0.3) is 0 Å². The van der Waals surface area contributed by atoms with Gasteiger partial charge in [-0.15, -0.1) is 0 Å². The molecule has 0 aliphatic heterocycles. The number of sulfonamides is 1. The van der Waals surface area contributed by atoms with Crippen molar-refractivity contribution in [1.29, 1.82) is 0 Å². The second-order valence-corrected chi connectivity index (χ2v) is 9.71. The summed E-state index contributed by atoms with van der Waals surface area (Å²) in [5.74, 6) is 1.27. The molecule has 1 heterocycles. The third-order valence-corrected chi connectivity index (χ3v) is 7.31. The number of hydrogen-bond donors (Lipinski definition) is 1. The van der Waals surface area contributed by atoms with Crippen molar-refractivity contribution in [3.05, 3.63) is 78.0 Å². The number of benzene rings is 3. The predicted octanol–water partition coefficient (Wildman–Crippen LogP) is 4.42. The van der Waals surface area contributed by atoms with E-state index in [1.54, 1.807) is 62.8 Å². The van der Waals surface area contributed by atoms with Gasteiger partial charge in [-0.25, -0.2) is 13.1 Å². The molecule has 0 saturated heterocycles. The van der Waals surface area contributed by atoms with Crippen LogP contribution in [0.5, 0.6) is 11.5 Å². The van der Waals surface area contributed by atoms with E-state index >= 15 is 0 Å². The van der Waals surface area contributed by atoms with Gasteiger partial charge in [0.05, 0.1) is 24.6 Å². The highest BCUT2D eigenvalue weighted by Gasteiger charge is 2.29. The Hall–Kier alpha value is -3.70. The van der Waals surface area contributed by atoms with Crippen LogP contribution >= 0.6 is 0 Å². The van der Waals surface area contributed by atoms with Crippen LogP contribution in [-0.2, 0) is 23.1 Å². The van der Waals surface area contributed by atoms with Gasteiger partial charge in [0.2, 0.25) is 10.0 Å². The second-order valence-electron chi connectivity index (χ2n) is 7.81. The lowest BCUT2D eigenvalue weighted by atomic mass is 10.2. The van der Waals surface area contributed by atoms with Gasteiger partial charge in [-0.3, -0.25) is 0 Å². The normalized spacial score (nSPS) is 11.9. The minimum atomic E-state index is -4.20. The van der Waals surface area contributed by atoms with Crippen LogP contribution in [0.4, 0.5) is 14.5 Å². The molecule has 11 heteroatoms. The fraction of sp³-hybridized carbons (Fsp3) is 0.208. The smallest absolute Gasteiger partial charge is 0.333 e. The lowest BCUT2D eigenvalue weighted by Crippen LogP contribution is -2.30. The summed E-state index contributed by atoms with van der Waals surface area (Å²) in [6, 6.07) is 16.6. The fourth-order valence-electron chi connectivity index (χ4n) is 3.68. The Kier molecular flexibility index (Phi) is 6.90. The standard InChI is InChI=1S/C24H24F2N4O4S/c1-33-19-7-3-16(4-8-19)13-29(14-17-5-9-20(34-2)10-6-17)35(31,32)23-12-18(27)11-22-21(23)15-30(28-22)24(25)26/h3-12,15,24H,13-14,27H2,1-2H3. The van der Waals surface area contributed by atoms with Crippen molar-refractivity contribution in [3.8, 4) is 11.5 Å². The Morgan fingerprint density at radius 2 is 1.46 bits per heavy atom. The van der Waals surface area contributed by atoms with Crippen LogP contribution < -0.4 is 15.2 Å². The number of nitrogens with zero attached hydrogens (tertiary/aromatic N) is 3. The average molecular weight is 503 g/mol. The van der Waals surface area contributed by atoms with Gasteiger partial charge in [-0.1, -0.05) is 24.3 Å². The molecule has 0 aliphatic carbocycles. The van der Waals surface area contributed by atoms with E-state index in [1.165, 1.54) is 16.4 Å². The molecule has 0 radical (unpaired) electrons. The Bertz CT molecular complexity index is 1370. The maximum atomic E-state index is 13.9. The first-order valence-corrected chi connectivity index (χ1v) is 12.0. The van der Waals surface area contributed by atoms with Crippen molar-refractivity contribution in [2.24, 2.45) is 0 Å². The summed E-state index contributed by atoms with van der Waals surface area (Å²) in [5, 5.41) is 3.85. The molecule has 4 rings (SSSR count). The predicted molar refractivity (Wildman–Crippen MR) is 128 cm³/mol. The molecule has 8 nitrogen and oxygen atoms in total. The molecule has 0 spiro atoms. The molecule has 0 saturated carbocycles. The quantitative estimate of drug-likeness (QED) is 0.340. The van der Waals surface area contributed by atoms with Gasteiger partial charge in [0.1, 0.15) is 11.5 Å². The number of rotatable bonds is 9. The Morgan fingerprint density at radius 1 is 0.943 bits per heavy atom. The number of aromatic nitrogens is 2. The van der Waals surface area contributed by atoms with E-state index in [2.05, 4.69) is 5.10 Å². The minimum absolute atomic E-state index is 0.0254. The van der Waals surface area contributed by atoms with Crippen LogP contribution in [0.2, 0.25) is 0 Å². The Morgan fingerprint density at radius 3 is 1.91 bits per heavy atom. The first kappa shape index (κ1) is 24.4. The van der Waals surface area contributed by atoms with Crippen LogP contribution in [0.3, 0.4) is 0 Å². The number of nitrogens with two attached hydrogens (primary N) is 1. The number of alkyl halides is 2. The number of anilines is 1. The maximum absolute atomic E-state index is 13.9. The van der Waals surface area contributed by atoms with E-state index < -0.39 is 16.6 Å². The Labute approximate surface area is 201 Å². The summed E-state index contributed by atoms with van der Waals surface area (Å²) >= 11 is 0. The first-order chi connectivity index (χ1) is 16.7. The maximum Gasteiger partial charge on any atom is 0.333 e. The zero-order valence-electron chi connectivity index (χ0n) is 19.1. The number of fused-ring (bicyclic) bond motifs is 1. The monoisotopic (exact) mass is 502 g/mol. The van der Waals surface area contributed by atoms with Crippen molar-refractivity contribution >= 4 is 26.6 Å². The molecule has 2 N–H and O–H groups in total. The van der Waals surface area contributed by atoms with E-state index in [1.807, 2.05) is 0 Å². The summed E-state index contributed by atoms with van der Waals surface area (Å²) in [6.07, 6.45) is 1.02. The molecule has 0 fully saturated rings. The van der Waals surface area contributed by atoms with Crippen LogP contribution in [0.1, 0.15) is 17.7 Å². The number of halogens is 2. The summed E-state index contributed by atoms with van der Waals surface area (Å²) in [6.45, 7) is -2.87. The van der Waals surface area contributed by atoms with E-state index in [4.69, 9.17) is 15.2 Å². The summed E-state index contributed by atoms with van der Waals surface area (Å²) < 4.78 is 66.5. The minimum Gasteiger partial charge on any atom is -0.497 e. The van der Waals surface area contributed by atoms with Crippen molar-refractivity contribution in [2.45, 2.75) is 24.5 Å². The zero-order chi connectivity index (χ0) is 25.2. The molecular formula is C24H24F2N4O4S. The molecule has 0 atom stereocenters. The lowest BCUT2D eigenvalue weighted by molar-refractivity contribution is 0.0573. The molecule has 0 amide bonds. The van der Waals surface area contributed by atoms with Gasteiger partial charge >= 0.3 is 6.55 Å². The van der Waals surface area contributed by atoms with Crippen molar-refractivity contribution in [1.82, 2.24) is 14.1 Å². The zero-order valence-corrected chi connectivity index (χ0v) is 19.9. The highest BCUT2D eigenvalue weighted by Crippen LogP contribution is 2.31. The van der Waals surface area contributed by atoms with Crippen molar-refractivity contribution in [2.75, 3.05) is 20.0 Å². The molecular weight excluding hydrogens is 478 g/mol. The summed E-state index contributed by atoms with van der Waals surface area (Å²) in [5.41, 5.74) is 7.53. The molecule has 1 aromatic heterocycles. The number of hydrogen-bond acceptors (Lipinski definition) is 6. The van der Waals surface area contributed by atoms with Gasteiger partial charge in [-0.05, 0) is 47.5 Å². The van der Waals surface area contributed by atoms with Crippen molar-refractivity contribution < 1.29 is 26.7 Å². The van der Waals surface area contributed by atoms with Gasteiger partial charge in [-0.2, -0.15) is 18.2 Å². The highest BCUT2D eigenvalue weighted by atomic mass is 32.2. The Balaban J connectivity index is 1.79. The van der Waals surface area contributed by atoms with E-state index in [-0.39, 0.29) is 34.6 Å². The second kappa shape index (κ2) is 9.88. The molecule has 0 aliphatic rings. The number of methoxy groups -OCH3 is 2. The SMILES string of the molecule is COc1ccc(CN(Cc2ccc(OC)cc2)S(=O)(=O)c2cc(N)cc3nn(C(F)F)cc23)cc1. The van der Waals surface area contributed by atoms with Crippen molar-refractivity contribution in [3.63, 3.8) is 0 Å². The van der Waals surface area contributed by atoms with Gasteiger partial charge < -0.3 is 15.2 Å². The average Bonchev–Trinajstić information content (AvgIpc) is 3.28. The van der Waals surface area contributed by atoms with E-state index in [0.29, 0.717) is 27.3 Å². The van der Waals surface area contributed by atoms with E-state index in [0.717, 1.165) is 6.20 Å². The topological polar surface area (TPSA) is 99.7 Å². The summed E-state index contributed by atoms with van der Waals surface area (Å²) in [7, 11) is -1.11. The third kappa shape index (κ3) is 5.20. The van der Waals surface area contributed by atoms with Crippen LogP contribution in [0.15, 0.2) is 71.8 Å². The van der Waals surface area contributed by atoms with Crippen LogP contribution in [-0.4, -0.2) is 36.7 Å². The lowest BCUT2D eigenvalue weighted by Gasteiger charge is -2.23. The molecule has 0 bridgehead atoms. The van der Waals surface area contributed by atoms with E-state index in [9.17, 15) is 17.2 Å².